The van der Waals surface area contributed by atoms with Crippen LogP contribution in [-0.2, 0) is 5.54 Å². The van der Waals surface area contributed by atoms with Gasteiger partial charge in [-0.3, -0.25) is 4.99 Å². The summed E-state index contributed by atoms with van der Waals surface area (Å²) in [5.41, 5.74) is 5.89. The van der Waals surface area contributed by atoms with Gasteiger partial charge in [0.25, 0.3) is 0 Å². The molecular formula is C25H20F2N8O2S. The number of hydrogen-bond donors (Lipinski definition) is 2. The molecule has 1 aromatic carbocycles. The summed E-state index contributed by atoms with van der Waals surface area (Å²) in [6, 6.07) is 6.42. The fraction of sp³-hybridized carbons (Fsp3) is 0.280. The maximum absolute atomic E-state index is 15.1. The second kappa shape index (κ2) is 8.63. The number of anilines is 2. The summed E-state index contributed by atoms with van der Waals surface area (Å²) in [6.45, 7) is 3.44. The van der Waals surface area contributed by atoms with E-state index in [1.807, 2.05) is 0 Å². The number of thioether (sulfide) groups is 1. The predicted octanol–water partition coefficient (Wildman–Crippen LogP) is 4.73. The van der Waals surface area contributed by atoms with Gasteiger partial charge in [-0.1, -0.05) is 11.8 Å². The van der Waals surface area contributed by atoms with Crippen molar-refractivity contribution in [2.75, 3.05) is 5.32 Å². The molecule has 1 fully saturated rings. The average Bonchev–Trinajstić information content (AvgIpc) is 3.37. The molecule has 10 nitrogen and oxygen atoms in total. The quantitative estimate of drug-likeness (QED) is 0.355. The highest BCUT2D eigenvalue weighted by molar-refractivity contribution is 8.15. The Labute approximate surface area is 219 Å². The van der Waals surface area contributed by atoms with Crippen LogP contribution in [0.25, 0.3) is 11.0 Å². The number of nitrogens with two attached hydrogens (primary N) is 1. The minimum atomic E-state index is -1.20. The smallest absolute Gasteiger partial charge is 0.235 e. The molecule has 0 radical (unpaired) electrons. The SMILES string of the molecule is C[C@H](Oc1cnc2c(Nc3cc(F)c(F)c([C@@]4(C)N=C(N)S[C@@]5(C#N)C[C@H]54)c3)nccc2n1)c1ncco1. The fourth-order valence-electron chi connectivity index (χ4n) is 4.83. The van der Waals surface area contributed by atoms with Crippen LogP contribution in [0, 0.1) is 28.9 Å². The second-order valence-electron chi connectivity index (χ2n) is 9.27. The number of pyridine rings is 1. The lowest BCUT2D eigenvalue weighted by Crippen LogP contribution is -2.35. The third-order valence-corrected chi connectivity index (χ3v) is 7.98. The van der Waals surface area contributed by atoms with E-state index < -0.39 is 28.0 Å². The van der Waals surface area contributed by atoms with Gasteiger partial charge in [0.1, 0.15) is 16.5 Å². The largest absolute Gasteiger partial charge is 0.464 e. The number of nitrogens with zero attached hydrogens (tertiary/aromatic N) is 6. The van der Waals surface area contributed by atoms with E-state index in [1.54, 1.807) is 19.9 Å². The van der Waals surface area contributed by atoms with Gasteiger partial charge in [-0.2, -0.15) is 5.26 Å². The van der Waals surface area contributed by atoms with E-state index >= 15 is 4.39 Å². The number of ether oxygens (including phenoxy) is 1. The molecule has 38 heavy (non-hydrogen) atoms. The Bertz CT molecular complexity index is 1640. The maximum atomic E-state index is 15.1. The predicted molar refractivity (Wildman–Crippen MR) is 136 cm³/mol. The Morgan fingerprint density at radius 1 is 1.29 bits per heavy atom. The number of aliphatic imine (C=N–C) groups is 1. The Balaban J connectivity index is 1.33. The van der Waals surface area contributed by atoms with Crippen molar-refractivity contribution in [1.82, 2.24) is 19.9 Å². The molecule has 13 heteroatoms. The number of nitrogens with one attached hydrogen (secondary N) is 1. The standard InChI is InChI=1S/C25H20F2N8O2S/c1-12(22-31-5-6-36-22)37-18-10-32-20-16(34-18)3-4-30-21(20)33-13-7-14(19(27)15(26)8-13)24(2)17-9-25(17,11-28)38-23(29)35-24/h3-8,10,12,17H,9H2,1-2H3,(H2,29,35)(H,30,33)/t12-,17-,24+,25+/m0/s1. The number of nitriles is 1. The van der Waals surface area contributed by atoms with Gasteiger partial charge in [0.2, 0.25) is 11.8 Å². The van der Waals surface area contributed by atoms with E-state index in [-0.39, 0.29) is 34.0 Å². The van der Waals surface area contributed by atoms with Gasteiger partial charge in [0.15, 0.2) is 28.7 Å². The molecule has 2 aliphatic rings. The monoisotopic (exact) mass is 534 g/mol. The molecule has 4 atom stereocenters. The molecule has 0 bridgehead atoms. The van der Waals surface area contributed by atoms with Crippen LogP contribution in [0.5, 0.6) is 5.88 Å². The first-order valence-corrected chi connectivity index (χ1v) is 12.4. The molecule has 1 aliphatic carbocycles. The van der Waals surface area contributed by atoms with Crippen molar-refractivity contribution in [1.29, 1.82) is 5.26 Å². The molecular weight excluding hydrogens is 514 g/mol. The van der Waals surface area contributed by atoms with Crippen molar-refractivity contribution in [2.24, 2.45) is 16.6 Å². The lowest BCUT2D eigenvalue weighted by molar-refractivity contribution is 0.181. The molecule has 0 spiro atoms. The van der Waals surface area contributed by atoms with Crippen LogP contribution in [-0.4, -0.2) is 29.9 Å². The lowest BCUT2D eigenvalue weighted by atomic mass is 9.85. The summed E-state index contributed by atoms with van der Waals surface area (Å²) < 4.78 is 40.2. The average molecular weight is 535 g/mol. The highest BCUT2D eigenvalue weighted by atomic mass is 32.2. The highest BCUT2D eigenvalue weighted by Gasteiger charge is 2.67. The van der Waals surface area contributed by atoms with E-state index in [0.717, 1.165) is 6.07 Å². The van der Waals surface area contributed by atoms with Gasteiger partial charge in [-0.15, -0.1) is 0 Å². The molecule has 6 rings (SSSR count). The summed E-state index contributed by atoms with van der Waals surface area (Å²) in [4.78, 5) is 21.7. The Hall–Kier alpha value is -4.31. The van der Waals surface area contributed by atoms with E-state index in [4.69, 9.17) is 14.9 Å². The number of rotatable bonds is 6. The van der Waals surface area contributed by atoms with Crippen LogP contribution < -0.4 is 15.8 Å². The van der Waals surface area contributed by atoms with Crippen LogP contribution in [0.4, 0.5) is 20.3 Å². The number of halogens is 2. The van der Waals surface area contributed by atoms with Crippen LogP contribution in [0.1, 0.15) is 37.8 Å². The summed E-state index contributed by atoms with van der Waals surface area (Å²) in [6.07, 6.45) is 5.91. The second-order valence-corrected chi connectivity index (χ2v) is 10.6. The summed E-state index contributed by atoms with van der Waals surface area (Å²) >= 11 is 1.17. The molecule has 0 saturated heterocycles. The van der Waals surface area contributed by atoms with Gasteiger partial charge in [0, 0.05) is 29.4 Å². The number of benzene rings is 1. The molecule has 0 unspecified atom stereocenters. The summed E-state index contributed by atoms with van der Waals surface area (Å²) in [7, 11) is 0. The fourth-order valence-corrected chi connectivity index (χ4v) is 6.11. The van der Waals surface area contributed by atoms with E-state index in [9.17, 15) is 9.65 Å². The lowest BCUT2D eigenvalue weighted by Gasteiger charge is -2.32. The maximum Gasteiger partial charge on any atom is 0.235 e. The third kappa shape index (κ3) is 3.88. The zero-order valence-electron chi connectivity index (χ0n) is 20.1. The zero-order valence-corrected chi connectivity index (χ0v) is 21.0. The molecule has 3 N–H and O–H groups in total. The first kappa shape index (κ1) is 24.1. The highest BCUT2D eigenvalue weighted by Crippen LogP contribution is 2.65. The van der Waals surface area contributed by atoms with Crippen molar-refractivity contribution in [3.05, 3.63) is 66.1 Å². The number of hydrogen-bond acceptors (Lipinski definition) is 11. The van der Waals surface area contributed by atoms with Gasteiger partial charge < -0.3 is 20.2 Å². The minimum Gasteiger partial charge on any atom is -0.464 e. The summed E-state index contributed by atoms with van der Waals surface area (Å²) in [5, 5.41) is 12.9. The van der Waals surface area contributed by atoms with Crippen molar-refractivity contribution in [3.63, 3.8) is 0 Å². The topological polar surface area (TPSA) is 148 Å². The van der Waals surface area contributed by atoms with E-state index in [1.165, 1.54) is 42.7 Å². The van der Waals surface area contributed by atoms with E-state index in [2.05, 4.69) is 36.3 Å². The molecule has 3 aromatic heterocycles. The molecule has 1 aliphatic heterocycles. The Morgan fingerprint density at radius 3 is 2.89 bits per heavy atom. The number of amidine groups is 1. The van der Waals surface area contributed by atoms with Crippen LogP contribution in [0.2, 0.25) is 0 Å². The van der Waals surface area contributed by atoms with Crippen molar-refractivity contribution >= 4 is 39.5 Å². The normalized spacial score (nSPS) is 24.7. The minimum absolute atomic E-state index is 0.00732. The van der Waals surface area contributed by atoms with E-state index in [0.29, 0.717) is 23.3 Å². The van der Waals surface area contributed by atoms with Gasteiger partial charge in [0.05, 0.1) is 29.5 Å². The van der Waals surface area contributed by atoms with Crippen molar-refractivity contribution in [3.8, 4) is 11.9 Å². The van der Waals surface area contributed by atoms with Gasteiger partial charge in [-0.05, 0) is 32.4 Å². The molecule has 4 aromatic rings. The first-order chi connectivity index (χ1) is 18.2. The molecule has 0 amide bonds. The third-order valence-electron chi connectivity index (χ3n) is 6.78. The Morgan fingerprint density at radius 2 is 2.13 bits per heavy atom. The molecule has 192 valence electrons. The first-order valence-electron chi connectivity index (χ1n) is 11.6. The van der Waals surface area contributed by atoms with Gasteiger partial charge >= 0.3 is 0 Å². The number of oxazole rings is 1. The molecule has 4 heterocycles. The molecule has 1 saturated carbocycles. The van der Waals surface area contributed by atoms with Gasteiger partial charge in [-0.25, -0.2) is 28.7 Å². The zero-order chi connectivity index (χ0) is 26.7. The van der Waals surface area contributed by atoms with Crippen molar-refractivity contribution in [2.45, 2.75) is 36.7 Å². The Kier molecular flexibility index (Phi) is 5.46. The van der Waals surface area contributed by atoms with Crippen LogP contribution in [0.3, 0.4) is 0 Å². The number of fused-ring (bicyclic) bond motifs is 2. The number of aromatic nitrogens is 4. The summed E-state index contributed by atoms with van der Waals surface area (Å²) in [5.74, 6) is -1.48. The van der Waals surface area contributed by atoms with Crippen LogP contribution in [0.15, 0.2) is 52.5 Å². The van der Waals surface area contributed by atoms with Crippen LogP contribution >= 0.6 is 11.8 Å². The van der Waals surface area contributed by atoms with Crippen molar-refractivity contribution < 1.29 is 17.9 Å².